The van der Waals surface area contributed by atoms with E-state index in [4.69, 9.17) is 5.73 Å². The SMILES string of the molecule is C=CCSCCNC(C)CN. The standard InChI is InChI=1S/C8H18N2S/c1-3-5-11-6-4-10-8(2)7-9/h3,8,10H,1,4-7,9H2,2H3. The molecule has 0 aromatic heterocycles. The van der Waals surface area contributed by atoms with Gasteiger partial charge < -0.3 is 11.1 Å². The number of nitrogens with two attached hydrogens (primary N) is 1. The monoisotopic (exact) mass is 174 g/mol. The highest BCUT2D eigenvalue weighted by molar-refractivity contribution is 7.99. The minimum Gasteiger partial charge on any atom is -0.329 e. The first-order valence-corrected chi connectivity index (χ1v) is 5.08. The van der Waals surface area contributed by atoms with Gasteiger partial charge in [0.1, 0.15) is 0 Å². The summed E-state index contributed by atoms with van der Waals surface area (Å²) in [7, 11) is 0. The molecule has 3 N–H and O–H groups in total. The molecule has 1 unspecified atom stereocenters. The van der Waals surface area contributed by atoms with Crippen LogP contribution >= 0.6 is 11.8 Å². The molecule has 0 aromatic carbocycles. The van der Waals surface area contributed by atoms with Crippen LogP contribution < -0.4 is 11.1 Å². The Bertz CT molecular complexity index is 96.1. The van der Waals surface area contributed by atoms with Gasteiger partial charge in [0.05, 0.1) is 0 Å². The van der Waals surface area contributed by atoms with Crippen LogP contribution in [-0.2, 0) is 0 Å². The minimum atomic E-state index is 0.444. The van der Waals surface area contributed by atoms with Gasteiger partial charge in [0.25, 0.3) is 0 Å². The molecule has 0 aliphatic carbocycles. The van der Waals surface area contributed by atoms with E-state index in [1.54, 1.807) is 0 Å². The third-order valence-electron chi connectivity index (χ3n) is 1.33. The van der Waals surface area contributed by atoms with Crippen molar-refractivity contribution in [1.82, 2.24) is 5.32 Å². The van der Waals surface area contributed by atoms with E-state index in [0.29, 0.717) is 12.6 Å². The van der Waals surface area contributed by atoms with Crippen molar-refractivity contribution in [2.45, 2.75) is 13.0 Å². The Hall–Kier alpha value is 0.01000. The number of thioether (sulfide) groups is 1. The van der Waals surface area contributed by atoms with E-state index in [2.05, 4.69) is 18.8 Å². The fourth-order valence-electron chi connectivity index (χ4n) is 0.627. The molecule has 0 bridgehead atoms. The number of nitrogens with one attached hydrogen (secondary N) is 1. The molecule has 66 valence electrons. The predicted molar refractivity (Wildman–Crippen MR) is 54.0 cm³/mol. The van der Waals surface area contributed by atoms with Crippen LogP contribution in [0.3, 0.4) is 0 Å². The van der Waals surface area contributed by atoms with Crippen LogP contribution in [0.25, 0.3) is 0 Å². The smallest absolute Gasteiger partial charge is 0.0162 e. The van der Waals surface area contributed by atoms with E-state index in [9.17, 15) is 0 Å². The van der Waals surface area contributed by atoms with Crippen molar-refractivity contribution >= 4 is 11.8 Å². The molecular weight excluding hydrogens is 156 g/mol. The molecule has 0 amide bonds. The van der Waals surface area contributed by atoms with Crippen molar-refractivity contribution in [3.8, 4) is 0 Å². The Kier molecular flexibility index (Phi) is 8.12. The van der Waals surface area contributed by atoms with Crippen LogP contribution in [0, 0.1) is 0 Å². The van der Waals surface area contributed by atoms with Gasteiger partial charge in [-0.1, -0.05) is 6.08 Å². The molecule has 0 aliphatic rings. The zero-order valence-electron chi connectivity index (χ0n) is 7.18. The summed E-state index contributed by atoms with van der Waals surface area (Å²) in [6.45, 7) is 7.50. The van der Waals surface area contributed by atoms with Crippen molar-refractivity contribution in [2.75, 3.05) is 24.6 Å². The van der Waals surface area contributed by atoms with Crippen molar-refractivity contribution in [1.29, 1.82) is 0 Å². The van der Waals surface area contributed by atoms with Crippen LogP contribution in [0.4, 0.5) is 0 Å². The minimum absolute atomic E-state index is 0.444. The third-order valence-corrected chi connectivity index (χ3v) is 2.29. The fourth-order valence-corrected chi connectivity index (χ4v) is 1.22. The van der Waals surface area contributed by atoms with Crippen LogP contribution in [0.1, 0.15) is 6.92 Å². The predicted octanol–water partition coefficient (Wildman–Crippen LogP) is 0.842. The van der Waals surface area contributed by atoms with Crippen molar-refractivity contribution in [3.05, 3.63) is 12.7 Å². The van der Waals surface area contributed by atoms with Gasteiger partial charge in [-0.05, 0) is 6.92 Å². The lowest BCUT2D eigenvalue weighted by molar-refractivity contribution is 0.579. The highest BCUT2D eigenvalue weighted by Gasteiger charge is 1.94. The molecule has 1 atom stereocenters. The van der Waals surface area contributed by atoms with E-state index >= 15 is 0 Å². The Morgan fingerprint density at radius 3 is 3.00 bits per heavy atom. The molecule has 0 saturated heterocycles. The first-order chi connectivity index (χ1) is 5.31. The van der Waals surface area contributed by atoms with Crippen LogP contribution in [0.2, 0.25) is 0 Å². The van der Waals surface area contributed by atoms with Crippen LogP contribution in [0.5, 0.6) is 0 Å². The number of hydrogen-bond donors (Lipinski definition) is 2. The van der Waals surface area contributed by atoms with Crippen LogP contribution in [-0.4, -0.2) is 30.6 Å². The second kappa shape index (κ2) is 8.11. The Labute approximate surface area is 73.6 Å². The summed E-state index contributed by atoms with van der Waals surface area (Å²) in [5.74, 6) is 2.18. The lowest BCUT2D eigenvalue weighted by atomic mass is 10.3. The molecule has 3 heteroatoms. The molecule has 2 nitrogen and oxygen atoms in total. The molecule has 0 rings (SSSR count). The maximum atomic E-state index is 5.43. The molecule has 11 heavy (non-hydrogen) atoms. The third kappa shape index (κ3) is 7.91. The highest BCUT2D eigenvalue weighted by Crippen LogP contribution is 1.97. The van der Waals surface area contributed by atoms with Gasteiger partial charge >= 0.3 is 0 Å². The Morgan fingerprint density at radius 1 is 1.73 bits per heavy atom. The van der Waals surface area contributed by atoms with Gasteiger partial charge in [0, 0.05) is 30.6 Å². The van der Waals surface area contributed by atoms with Crippen molar-refractivity contribution < 1.29 is 0 Å². The normalized spacial score (nSPS) is 12.9. The largest absolute Gasteiger partial charge is 0.329 e. The second-order valence-electron chi connectivity index (χ2n) is 2.45. The summed E-state index contributed by atoms with van der Waals surface area (Å²) in [5, 5.41) is 3.31. The molecule has 0 radical (unpaired) electrons. The lowest BCUT2D eigenvalue weighted by Crippen LogP contribution is -2.34. The molecule has 0 spiro atoms. The van der Waals surface area contributed by atoms with E-state index in [-0.39, 0.29) is 0 Å². The molecule has 0 fully saturated rings. The second-order valence-corrected chi connectivity index (χ2v) is 3.60. The molecule has 0 aromatic rings. The highest BCUT2D eigenvalue weighted by atomic mass is 32.2. The zero-order valence-corrected chi connectivity index (χ0v) is 7.99. The Morgan fingerprint density at radius 2 is 2.45 bits per heavy atom. The van der Waals surface area contributed by atoms with Crippen LogP contribution in [0.15, 0.2) is 12.7 Å². The van der Waals surface area contributed by atoms with Gasteiger partial charge in [-0.25, -0.2) is 0 Å². The zero-order chi connectivity index (χ0) is 8.53. The molecule has 0 heterocycles. The Balaban J connectivity index is 2.95. The summed E-state index contributed by atoms with van der Waals surface area (Å²) < 4.78 is 0. The van der Waals surface area contributed by atoms with Gasteiger partial charge in [0.15, 0.2) is 0 Å². The van der Waals surface area contributed by atoms with Gasteiger partial charge in [-0.2, -0.15) is 11.8 Å². The average molecular weight is 174 g/mol. The van der Waals surface area contributed by atoms with E-state index in [0.717, 1.165) is 18.1 Å². The van der Waals surface area contributed by atoms with Gasteiger partial charge in [0.2, 0.25) is 0 Å². The molecule has 0 saturated carbocycles. The summed E-state index contributed by atoms with van der Waals surface area (Å²) in [6, 6.07) is 0.444. The maximum Gasteiger partial charge on any atom is 0.0162 e. The first-order valence-electron chi connectivity index (χ1n) is 3.93. The summed E-state index contributed by atoms with van der Waals surface area (Å²) in [4.78, 5) is 0. The maximum absolute atomic E-state index is 5.43. The molecule has 0 aliphatic heterocycles. The average Bonchev–Trinajstić information content (AvgIpc) is 2.04. The molecular formula is C8H18N2S. The van der Waals surface area contributed by atoms with Gasteiger partial charge in [-0.15, -0.1) is 6.58 Å². The van der Waals surface area contributed by atoms with Crippen molar-refractivity contribution in [3.63, 3.8) is 0 Å². The van der Waals surface area contributed by atoms with Gasteiger partial charge in [-0.3, -0.25) is 0 Å². The number of hydrogen-bond acceptors (Lipinski definition) is 3. The first kappa shape index (κ1) is 11.0. The van der Waals surface area contributed by atoms with E-state index < -0.39 is 0 Å². The fraction of sp³-hybridized carbons (Fsp3) is 0.750. The van der Waals surface area contributed by atoms with E-state index in [1.165, 1.54) is 0 Å². The number of rotatable bonds is 7. The summed E-state index contributed by atoms with van der Waals surface area (Å²) in [6.07, 6.45) is 1.93. The summed E-state index contributed by atoms with van der Waals surface area (Å²) in [5.41, 5.74) is 5.43. The topological polar surface area (TPSA) is 38.0 Å². The van der Waals surface area contributed by atoms with E-state index in [1.807, 2.05) is 17.8 Å². The quantitative estimate of drug-likeness (QED) is 0.444. The van der Waals surface area contributed by atoms with Crippen molar-refractivity contribution in [2.24, 2.45) is 5.73 Å². The lowest BCUT2D eigenvalue weighted by Gasteiger charge is -2.09. The summed E-state index contributed by atoms with van der Waals surface area (Å²) >= 11 is 1.88.